The highest BCUT2D eigenvalue weighted by molar-refractivity contribution is 7.88. The van der Waals surface area contributed by atoms with Crippen LogP contribution >= 0.6 is 46.4 Å². The monoisotopic (exact) mass is 879 g/mol. The molecule has 1 aliphatic heterocycles. The van der Waals surface area contributed by atoms with E-state index in [0.29, 0.717) is 35.9 Å². The Morgan fingerprint density at radius 3 is 2.04 bits per heavy atom. The molecule has 3 N–H and O–H groups in total. The van der Waals surface area contributed by atoms with Gasteiger partial charge in [0.1, 0.15) is 5.69 Å². The Hall–Kier alpha value is -3.39. The molecule has 2 amide bonds. The van der Waals surface area contributed by atoms with Crippen molar-refractivity contribution in [3.8, 4) is 0 Å². The Balaban J connectivity index is 1.53. The van der Waals surface area contributed by atoms with E-state index in [9.17, 15) is 18.0 Å². The second-order valence-corrected chi connectivity index (χ2v) is 17.6. The number of anilines is 3. The highest BCUT2D eigenvalue weighted by Gasteiger charge is 2.37. The number of aliphatic imine (C=N–C) groups is 2. The summed E-state index contributed by atoms with van der Waals surface area (Å²) in [6.45, 7) is 7.40. The lowest BCUT2D eigenvalue weighted by Gasteiger charge is -2.23. The minimum atomic E-state index is -3.32. The lowest BCUT2D eigenvalue weighted by atomic mass is 10.1. The van der Waals surface area contributed by atoms with Crippen LogP contribution in [0.25, 0.3) is 0 Å². The zero-order valence-electron chi connectivity index (χ0n) is 33.1. The van der Waals surface area contributed by atoms with Gasteiger partial charge in [0, 0.05) is 42.5 Å². The molecule has 3 aromatic rings. The van der Waals surface area contributed by atoms with Gasteiger partial charge < -0.3 is 10.2 Å². The largest absolute Gasteiger partial charge is 0.370 e. The van der Waals surface area contributed by atoms with Crippen LogP contribution < -0.4 is 25.4 Å². The molecule has 4 rings (SSSR count). The van der Waals surface area contributed by atoms with Crippen LogP contribution in [0, 0.1) is 6.92 Å². The number of carbonyl (C=O) groups is 2. The number of sulfonamides is 1. The number of amidine groups is 1. The van der Waals surface area contributed by atoms with Crippen molar-refractivity contribution in [3.63, 3.8) is 0 Å². The van der Waals surface area contributed by atoms with Crippen LogP contribution in [0.2, 0.25) is 20.1 Å². The maximum Gasteiger partial charge on any atom is 0.299 e. The van der Waals surface area contributed by atoms with Gasteiger partial charge >= 0.3 is 0 Å². The molecule has 0 saturated carbocycles. The third kappa shape index (κ3) is 14.4. The molecule has 0 radical (unpaired) electrons. The lowest BCUT2D eigenvalue weighted by Crippen LogP contribution is -2.36. The van der Waals surface area contributed by atoms with Gasteiger partial charge in [0.15, 0.2) is 11.5 Å². The number of halogens is 4. The lowest BCUT2D eigenvalue weighted by molar-refractivity contribution is -0.116. The SMILES string of the molecule is CCCCCCCCCCCCCC(=O)Nc1ccc(Cl)c(N=C2NN(c3c(Cl)cc(Cl)cc3Cl)C(=O)C2=Nc2ccc(N(CC)CCNS(C)(=O)=O)cc2C)c1. The van der Waals surface area contributed by atoms with Gasteiger partial charge in [0.2, 0.25) is 15.9 Å². The van der Waals surface area contributed by atoms with E-state index in [2.05, 4.69) is 22.4 Å². The van der Waals surface area contributed by atoms with Crippen LogP contribution in [-0.4, -0.2) is 57.7 Å². The van der Waals surface area contributed by atoms with Crippen molar-refractivity contribution in [1.29, 1.82) is 0 Å². The van der Waals surface area contributed by atoms with Crippen molar-refractivity contribution >= 4 is 108 Å². The Morgan fingerprint density at radius 2 is 1.44 bits per heavy atom. The van der Waals surface area contributed by atoms with Crippen LogP contribution in [-0.2, 0) is 19.6 Å². The highest BCUT2D eigenvalue weighted by Crippen LogP contribution is 2.38. The number of carbonyl (C=O) groups excluding carboxylic acids is 2. The number of likely N-dealkylation sites (N-methyl/N-ethyl adjacent to an activating group) is 1. The molecule has 0 bridgehead atoms. The first kappa shape index (κ1) is 46.3. The van der Waals surface area contributed by atoms with Crippen molar-refractivity contribution in [2.75, 3.05) is 41.1 Å². The average molecular weight is 882 g/mol. The molecule has 1 aliphatic rings. The standard InChI is InChI=1S/C41H53Cl4N7O4S/c1-5-7-8-9-10-11-12-13-14-15-16-17-37(53)47-30-18-20-32(43)36(27-30)49-40-38(41(54)52(50-40)39-33(44)25-29(42)26-34(39)45)48-35-21-19-31(24-28(35)3)51(6-2)23-22-46-57(4,55)56/h18-21,24-27,46H,5-17,22-23H2,1-4H3,(H,47,53)(H,49,50). The Kier molecular flexibility index (Phi) is 18.4. The summed E-state index contributed by atoms with van der Waals surface area (Å²) in [5.74, 6) is -0.620. The maximum absolute atomic E-state index is 14.1. The molecule has 16 heteroatoms. The first-order chi connectivity index (χ1) is 27.2. The molecule has 3 aromatic carbocycles. The molecule has 0 spiro atoms. The smallest absolute Gasteiger partial charge is 0.299 e. The summed E-state index contributed by atoms with van der Waals surface area (Å²) in [6.07, 6.45) is 14.7. The van der Waals surface area contributed by atoms with E-state index in [1.807, 2.05) is 30.9 Å². The minimum Gasteiger partial charge on any atom is -0.370 e. The van der Waals surface area contributed by atoms with E-state index in [1.54, 1.807) is 24.3 Å². The van der Waals surface area contributed by atoms with Gasteiger partial charge in [-0.3, -0.25) is 15.0 Å². The highest BCUT2D eigenvalue weighted by atomic mass is 35.5. The average Bonchev–Trinajstić information content (AvgIpc) is 3.43. The number of amides is 2. The normalized spacial score (nSPS) is 14.5. The van der Waals surface area contributed by atoms with Crippen LogP contribution in [0.4, 0.5) is 28.4 Å². The summed E-state index contributed by atoms with van der Waals surface area (Å²) in [6, 6.07) is 13.5. The quantitative estimate of drug-likeness (QED) is 0.0860. The molecule has 0 aliphatic carbocycles. The number of rotatable bonds is 22. The number of benzene rings is 3. The molecular formula is C41H53Cl4N7O4S. The number of nitrogens with zero attached hydrogens (tertiary/aromatic N) is 4. The maximum atomic E-state index is 14.1. The van der Waals surface area contributed by atoms with Crippen LogP contribution in [0.15, 0.2) is 58.5 Å². The van der Waals surface area contributed by atoms with Crippen LogP contribution in [0.5, 0.6) is 0 Å². The van der Waals surface area contributed by atoms with E-state index < -0.39 is 15.9 Å². The fraction of sp³-hybridized carbons (Fsp3) is 0.463. The Morgan fingerprint density at radius 1 is 0.807 bits per heavy atom. The number of hydrazine groups is 1. The van der Waals surface area contributed by atoms with E-state index in [4.69, 9.17) is 56.4 Å². The molecular weight excluding hydrogens is 828 g/mol. The number of hydrogen-bond donors (Lipinski definition) is 3. The third-order valence-corrected chi connectivity index (χ3v) is 11.3. The van der Waals surface area contributed by atoms with Gasteiger partial charge in [0.25, 0.3) is 5.91 Å². The summed E-state index contributed by atoms with van der Waals surface area (Å²) in [5.41, 5.74) is 6.02. The second kappa shape index (κ2) is 22.7. The van der Waals surface area contributed by atoms with E-state index in [1.165, 1.54) is 63.5 Å². The van der Waals surface area contributed by atoms with Crippen molar-refractivity contribution in [2.24, 2.45) is 9.98 Å². The van der Waals surface area contributed by atoms with Crippen molar-refractivity contribution in [1.82, 2.24) is 10.1 Å². The first-order valence-electron chi connectivity index (χ1n) is 19.5. The Bertz CT molecular complexity index is 2020. The fourth-order valence-corrected chi connectivity index (χ4v) is 8.00. The zero-order valence-corrected chi connectivity index (χ0v) is 36.9. The van der Waals surface area contributed by atoms with Crippen molar-refractivity contribution in [3.05, 3.63) is 74.2 Å². The van der Waals surface area contributed by atoms with E-state index in [0.717, 1.165) is 41.8 Å². The summed E-state index contributed by atoms with van der Waals surface area (Å²) in [5, 5.41) is 4.93. The van der Waals surface area contributed by atoms with Crippen molar-refractivity contribution in [2.45, 2.75) is 97.8 Å². The number of unbranched alkanes of at least 4 members (excludes halogenated alkanes) is 10. The molecule has 0 aromatic heterocycles. The molecule has 310 valence electrons. The fourth-order valence-electron chi connectivity index (χ4n) is 6.39. The summed E-state index contributed by atoms with van der Waals surface area (Å²) in [4.78, 5) is 38.5. The molecule has 1 saturated heterocycles. The summed E-state index contributed by atoms with van der Waals surface area (Å²) >= 11 is 25.9. The molecule has 0 atom stereocenters. The number of hydrogen-bond acceptors (Lipinski definition) is 7. The molecule has 11 nitrogen and oxygen atoms in total. The van der Waals surface area contributed by atoms with Crippen LogP contribution in [0.1, 0.15) is 96.5 Å². The summed E-state index contributed by atoms with van der Waals surface area (Å²) in [7, 11) is -3.32. The number of nitrogens with one attached hydrogen (secondary N) is 3. The molecule has 1 heterocycles. The molecule has 1 fully saturated rings. The first-order valence-corrected chi connectivity index (χ1v) is 22.9. The van der Waals surface area contributed by atoms with Gasteiger partial charge in [0.05, 0.1) is 32.7 Å². The van der Waals surface area contributed by atoms with Gasteiger partial charge in [-0.1, -0.05) is 118 Å². The minimum absolute atomic E-state index is 0.0420. The topological polar surface area (TPSA) is 136 Å². The second-order valence-electron chi connectivity index (χ2n) is 14.1. The van der Waals surface area contributed by atoms with E-state index in [-0.39, 0.29) is 50.4 Å². The van der Waals surface area contributed by atoms with Gasteiger partial charge in [-0.15, -0.1) is 0 Å². The summed E-state index contributed by atoms with van der Waals surface area (Å²) < 4.78 is 25.7. The van der Waals surface area contributed by atoms with Gasteiger partial charge in [-0.25, -0.2) is 28.1 Å². The molecule has 57 heavy (non-hydrogen) atoms. The van der Waals surface area contributed by atoms with Crippen LogP contribution in [0.3, 0.4) is 0 Å². The zero-order chi connectivity index (χ0) is 41.5. The number of aryl methyl sites for hydroxylation is 1. The third-order valence-electron chi connectivity index (χ3n) is 9.43. The van der Waals surface area contributed by atoms with Gasteiger partial charge in [-0.05, 0) is 74.4 Å². The van der Waals surface area contributed by atoms with Crippen molar-refractivity contribution < 1.29 is 18.0 Å². The van der Waals surface area contributed by atoms with E-state index >= 15 is 0 Å². The molecule has 0 unspecified atom stereocenters. The predicted molar refractivity (Wildman–Crippen MR) is 239 cm³/mol. The predicted octanol–water partition coefficient (Wildman–Crippen LogP) is 11.0. The van der Waals surface area contributed by atoms with Gasteiger partial charge in [-0.2, -0.15) is 0 Å². The Labute approximate surface area is 357 Å².